The van der Waals surface area contributed by atoms with Crippen LogP contribution in [0.25, 0.3) is 0 Å². The van der Waals surface area contributed by atoms with Crippen molar-refractivity contribution in [2.45, 2.75) is 32.2 Å². The second kappa shape index (κ2) is 9.19. The first-order chi connectivity index (χ1) is 5.85. The summed E-state index contributed by atoms with van der Waals surface area (Å²) < 4.78 is 10.9. The Kier molecular flexibility index (Phi) is 9.26. The fourth-order valence-corrected chi connectivity index (χ4v) is 2.76. The normalized spacial score (nSPS) is 12.0. The van der Waals surface area contributed by atoms with Crippen LogP contribution in [-0.2, 0) is 9.47 Å². The van der Waals surface area contributed by atoms with E-state index in [1.807, 2.05) is 13.8 Å². The number of nitrogens with two attached hydrogens (primary N) is 1. The van der Waals surface area contributed by atoms with Crippen LogP contribution in [0.1, 0.15) is 20.3 Å². The Bertz CT molecular complexity index is 87.1. The van der Waals surface area contributed by atoms with Gasteiger partial charge in [0.05, 0.1) is 9.52 Å². The first-order valence-electron chi connectivity index (χ1n) is 4.78. The van der Waals surface area contributed by atoms with Crippen molar-refractivity contribution in [2.75, 3.05) is 19.8 Å². The van der Waals surface area contributed by atoms with Gasteiger partial charge in [-0.25, -0.2) is 0 Å². The second-order valence-corrected chi connectivity index (χ2v) is 4.58. The molecule has 0 radical (unpaired) electrons. The highest BCUT2D eigenvalue weighted by Crippen LogP contribution is 1.97. The minimum Gasteiger partial charge on any atom is -0.357 e. The second-order valence-electron chi connectivity index (χ2n) is 2.62. The van der Waals surface area contributed by atoms with Crippen molar-refractivity contribution in [3.05, 3.63) is 0 Å². The monoisotopic (exact) mass is 191 g/mol. The first-order valence-corrected chi connectivity index (χ1v) is 6.60. The molecule has 74 valence electrons. The minimum atomic E-state index is -0.232. The van der Waals surface area contributed by atoms with E-state index in [0.717, 1.165) is 26.2 Å². The Labute approximate surface area is 77.4 Å². The van der Waals surface area contributed by atoms with Gasteiger partial charge in [-0.2, -0.15) is 0 Å². The van der Waals surface area contributed by atoms with E-state index in [1.165, 1.54) is 6.04 Å². The molecule has 0 bridgehead atoms. The molecule has 12 heavy (non-hydrogen) atoms. The third-order valence-electron chi connectivity index (χ3n) is 1.60. The molecule has 3 nitrogen and oxygen atoms in total. The van der Waals surface area contributed by atoms with Crippen LogP contribution in [0.2, 0.25) is 6.04 Å². The maximum absolute atomic E-state index is 5.43. The van der Waals surface area contributed by atoms with Gasteiger partial charge in [0.25, 0.3) is 0 Å². The molecule has 0 aliphatic carbocycles. The third-order valence-corrected chi connectivity index (χ3v) is 3.45. The molecule has 0 aromatic heterocycles. The molecule has 0 rings (SSSR count). The molecule has 0 saturated heterocycles. The number of rotatable bonds is 8. The lowest BCUT2D eigenvalue weighted by Crippen LogP contribution is -2.24. The van der Waals surface area contributed by atoms with Gasteiger partial charge in [-0.3, -0.25) is 0 Å². The summed E-state index contributed by atoms with van der Waals surface area (Å²) in [6.07, 6.45) is 1.11. The summed E-state index contributed by atoms with van der Waals surface area (Å²) in [6, 6.07) is 1.22. The zero-order valence-corrected chi connectivity index (χ0v) is 9.63. The molecular formula is C8H21NO2Si. The van der Waals surface area contributed by atoms with Crippen molar-refractivity contribution in [1.82, 2.24) is 0 Å². The molecule has 0 atom stereocenters. The molecular weight excluding hydrogens is 170 g/mol. The van der Waals surface area contributed by atoms with E-state index < -0.39 is 0 Å². The summed E-state index contributed by atoms with van der Waals surface area (Å²) in [5, 5.41) is 0. The van der Waals surface area contributed by atoms with E-state index >= 15 is 0 Å². The topological polar surface area (TPSA) is 44.5 Å². The molecule has 0 unspecified atom stereocenters. The van der Waals surface area contributed by atoms with Crippen LogP contribution < -0.4 is 5.73 Å². The van der Waals surface area contributed by atoms with Crippen LogP contribution in [0, 0.1) is 0 Å². The Hall–Kier alpha value is 0.0969. The van der Waals surface area contributed by atoms with Gasteiger partial charge < -0.3 is 15.2 Å². The van der Waals surface area contributed by atoms with E-state index in [2.05, 4.69) is 0 Å². The average molecular weight is 191 g/mol. The van der Waals surface area contributed by atoms with Crippen molar-refractivity contribution in [2.24, 2.45) is 5.73 Å². The van der Waals surface area contributed by atoms with Crippen molar-refractivity contribution in [1.29, 1.82) is 0 Å². The van der Waals surface area contributed by atoms with Gasteiger partial charge in [-0.05, 0) is 26.8 Å². The number of hydrogen-bond donors (Lipinski definition) is 1. The molecule has 0 spiro atoms. The van der Waals surface area contributed by atoms with E-state index in [0.29, 0.717) is 0 Å². The molecule has 0 amide bonds. The first kappa shape index (κ1) is 12.1. The fraction of sp³-hybridized carbons (Fsp3) is 1.00. The van der Waals surface area contributed by atoms with E-state index in [1.54, 1.807) is 0 Å². The summed E-state index contributed by atoms with van der Waals surface area (Å²) in [5.74, 6) is 0.117. The lowest BCUT2D eigenvalue weighted by atomic mass is 10.5. The summed E-state index contributed by atoms with van der Waals surface area (Å²) in [7, 11) is -0.232. The number of hydrogen-bond acceptors (Lipinski definition) is 3. The molecule has 0 aromatic carbocycles. The van der Waals surface area contributed by atoms with Gasteiger partial charge in [-0.15, -0.1) is 0 Å². The molecule has 2 N–H and O–H groups in total. The smallest absolute Gasteiger partial charge is 0.134 e. The summed E-state index contributed by atoms with van der Waals surface area (Å²) in [6.45, 7) is 6.30. The predicted molar refractivity (Wildman–Crippen MR) is 54.1 cm³/mol. The van der Waals surface area contributed by atoms with Gasteiger partial charge in [0, 0.05) is 13.2 Å². The Morgan fingerprint density at radius 1 is 1.25 bits per heavy atom. The van der Waals surface area contributed by atoms with Crippen molar-refractivity contribution < 1.29 is 9.47 Å². The lowest BCUT2D eigenvalue weighted by molar-refractivity contribution is -0.0827. The molecule has 0 aliphatic heterocycles. The van der Waals surface area contributed by atoms with Crippen molar-refractivity contribution in [3.8, 4) is 0 Å². The summed E-state index contributed by atoms with van der Waals surface area (Å²) in [5.41, 5.74) is 5.40. The minimum absolute atomic E-state index is 0.117. The van der Waals surface area contributed by atoms with Crippen LogP contribution in [-0.4, -0.2) is 35.2 Å². The van der Waals surface area contributed by atoms with Crippen LogP contribution in [0.4, 0.5) is 0 Å². The molecule has 0 aromatic rings. The van der Waals surface area contributed by atoms with Crippen LogP contribution >= 0.6 is 0 Å². The average Bonchev–Trinajstić information content (AvgIpc) is 2.06. The molecule has 0 fully saturated rings. The van der Waals surface area contributed by atoms with E-state index in [-0.39, 0.29) is 15.4 Å². The van der Waals surface area contributed by atoms with Crippen molar-refractivity contribution >= 4 is 9.52 Å². The molecule has 4 heteroatoms. The SMILES string of the molecule is CCOC(OCC)[SiH2]CCCN. The highest BCUT2D eigenvalue weighted by atomic mass is 28.2. The van der Waals surface area contributed by atoms with E-state index in [9.17, 15) is 0 Å². The van der Waals surface area contributed by atoms with Crippen LogP contribution in [0.5, 0.6) is 0 Å². The molecule has 0 aliphatic rings. The van der Waals surface area contributed by atoms with E-state index in [4.69, 9.17) is 15.2 Å². The standard InChI is InChI=1S/C8H21NO2Si/c1-3-10-8(11-4-2)12-7-5-6-9/h8H,3-7,9,12H2,1-2H3. The summed E-state index contributed by atoms with van der Waals surface area (Å²) >= 11 is 0. The quantitative estimate of drug-likeness (QED) is 0.340. The third kappa shape index (κ3) is 6.79. The summed E-state index contributed by atoms with van der Waals surface area (Å²) in [4.78, 5) is 0. The van der Waals surface area contributed by atoms with Crippen molar-refractivity contribution in [3.63, 3.8) is 0 Å². The fourth-order valence-electron chi connectivity index (χ4n) is 1.04. The number of ether oxygens (including phenoxy) is 2. The zero-order valence-electron chi connectivity index (χ0n) is 8.21. The predicted octanol–water partition coefficient (Wildman–Crippen LogP) is 0.279. The maximum Gasteiger partial charge on any atom is 0.134 e. The molecule has 0 heterocycles. The highest BCUT2D eigenvalue weighted by molar-refractivity contribution is 6.36. The highest BCUT2D eigenvalue weighted by Gasteiger charge is 2.06. The van der Waals surface area contributed by atoms with Gasteiger partial charge in [0.1, 0.15) is 5.91 Å². The van der Waals surface area contributed by atoms with Gasteiger partial charge in [0.2, 0.25) is 0 Å². The van der Waals surface area contributed by atoms with Gasteiger partial charge in [0.15, 0.2) is 0 Å². The van der Waals surface area contributed by atoms with Gasteiger partial charge in [-0.1, -0.05) is 6.04 Å². The Balaban J connectivity index is 3.34. The Morgan fingerprint density at radius 2 is 1.83 bits per heavy atom. The van der Waals surface area contributed by atoms with Crippen LogP contribution in [0.15, 0.2) is 0 Å². The maximum atomic E-state index is 5.43. The lowest BCUT2D eigenvalue weighted by Gasteiger charge is -2.15. The Morgan fingerprint density at radius 3 is 2.25 bits per heavy atom. The largest absolute Gasteiger partial charge is 0.357 e. The van der Waals surface area contributed by atoms with Crippen LogP contribution in [0.3, 0.4) is 0 Å². The zero-order chi connectivity index (χ0) is 9.23. The van der Waals surface area contributed by atoms with Gasteiger partial charge >= 0.3 is 0 Å². The molecule has 0 saturated carbocycles.